The minimum atomic E-state index is -2.46. The van der Waals surface area contributed by atoms with E-state index in [1.165, 1.54) is 0 Å². The Morgan fingerprint density at radius 3 is 2.88 bits per heavy atom. The molecule has 1 aliphatic rings. The molecule has 0 aromatic heterocycles. The molecule has 1 N–H and O–H groups in total. The number of rotatable bonds is 5. The van der Waals surface area contributed by atoms with Gasteiger partial charge in [0.15, 0.2) is 0 Å². The molecule has 1 rings (SSSR count). The fourth-order valence-corrected chi connectivity index (χ4v) is 1.65. The van der Waals surface area contributed by atoms with Gasteiger partial charge >= 0.3 is 0 Å². The second-order valence-electron chi connectivity index (χ2n) is 3.91. The Hall–Kier alpha value is -0.460. The largest absolute Gasteiger partial charge is 0.375 e. The van der Waals surface area contributed by atoms with Gasteiger partial charge < -0.3 is 15.0 Å². The molecule has 0 bridgehead atoms. The van der Waals surface area contributed by atoms with Gasteiger partial charge in [-0.25, -0.2) is 8.78 Å². The Balaban J connectivity index is 0.00000256. The number of piperazine rings is 1. The van der Waals surface area contributed by atoms with Gasteiger partial charge in [-0.1, -0.05) is 0 Å². The highest BCUT2D eigenvalue weighted by molar-refractivity contribution is 5.85. The lowest BCUT2D eigenvalue weighted by Gasteiger charge is -2.31. The number of hydrogen-bond donors (Lipinski definition) is 1. The van der Waals surface area contributed by atoms with Gasteiger partial charge in [0.05, 0.1) is 13.0 Å². The maximum Gasteiger partial charge on any atom is 0.261 e. The van der Waals surface area contributed by atoms with Crippen LogP contribution in [0.25, 0.3) is 0 Å². The molecule has 17 heavy (non-hydrogen) atoms. The van der Waals surface area contributed by atoms with E-state index in [-0.39, 0.29) is 31.3 Å². The minimum Gasteiger partial charge on any atom is -0.375 e. The smallest absolute Gasteiger partial charge is 0.261 e. The number of nitrogens with one attached hydrogen (secondary N) is 1. The molecule has 0 radical (unpaired) electrons. The molecular formula is C10H19ClF2N2O2. The van der Waals surface area contributed by atoms with Crippen LogP contribution in [0.4, 0.5) is 8.78 Å². The summed E-state index contributed by atoms with van der Waals surface area (Å²) < 4.78 is 28.1. The van der Waals surface area contributed by atoms with E-state index in [1.54, 1.807) is 4.90 Å². The van der Waals surface area contributed by atoms with Gasteiger partial charge in [-0.15, -0.1) is 12.4 Å². The number of alkyl halides is 2. The molecule has 4 nitrogen and oxygen atoms in total. The molecule has 1 unspecified atom stereocenters. The Labute approximate surface area is 106 Å². The molecule has 102 valence electrons. The predicted molar refractivity (Wildman–Crippen MR) is 62.7 cm³/mol. The first-order valence-electron chi connectivity index (χ1n) is 5.46. The molecule has 0 aliphatic carbocycles. The van der Waals surface area contributed by atoms with Gasteiger partial charge in [-0.3, -0.25) is 4.79 Å². The molecule has 0 aromatic rings. The van der Waals surface area contributed by atoms with Crippen LogP contribution in [0.2, 0.25) is 0 Å². The van der Waals surface area contributed by atoms with Crippen molar-refractivity contribution in [3.8, 4) is 0 Å². The van der Waals surface area contributed by atoms with Crippen LogP contribution >= 0.6 is 12.4 Å². The van der Waals surface area contributed by atoms with Crippen LogP contribution in [0.5, 0.6) is 0 Å². The van der Waals surface area contributed by atoms with E-state index >= 15 is 0 Å². The zero-order valence-electron chi connectivity index (χ0n) is 9.83. The van der Waals surface area contributed by atoms with Gasteiger partial charge in [-0.05, 0) is 6.92 Å². The normalized spacial score (nSPS) is 20.2. The van der Waals surface area contributed by atoms with Crippen molar-refractivity contribution in [2.45, 2.75) is 25.8 Å². The highest BCUT2D eigenvalue weighted by atomic mass is 35.5. The third-order valence-electron chi connectivity index (χ3n) is 2.43. The van der Waals surface area contributed by atoms with Crippen molar-refractivity contribution in [1.29, 1.82) is 0 Å². The van der Waals surface area contributed by atoms with E-state index < -0.39 is 13.0 Å². The molecule has 1 atom stereocenters. The number of carbonyl (C=O) groups excluding carboxylic acids is 1. The molecule has 1 heterocycles. The Bertz CT molecular complexity index is 232. The van der Waals surface area contributed by atoms with E-state index in [0.717, 1.165) is 6.54 Å². The number of amides is 1. The van der Waals surface area contributed by atoms with Crippen LogP contribution in [0.3, 0.4) is 0 Å². The van der Waals surface area contributed by atoms with Crippen LogP contribution < -0.4 is 5.32 Å². The molecule has 0 spiro atoms. The first-order valence-corrected chi connectivity index (χ1v) is 5.46. The lowest BCUT2D eigenvalue weighted by Crippen LogP contribution is -2.51. The van der Waals surface area contributed by atoms with Crippen molar-refractivity contribution in [3.63, 3.8) is 0 Å². The molecule has 1 amide bonds. The standard InChI is InChI=1S/C10H18F2N2O2.ClH/c1-8-6-14(4-3-13-8)10(15)2-5-16-7-9(11)12;/h8-9,13H,2-7H2,1H3;1H. The van der Waals surface area contributed by atoms with Crippen LogP contribution in [0, 0.1) is 0 Å². The van der Waals surface area contributed by atoms with E-state index in [9.17, 15) is 13.6 Å². The van der Waals surface area contributed by atoms with Crippen molar-refractivity contribution >= 4 is 18.3 Å². The van der Waals surface area contributed by atoms with Crippen molar-refractivity contribution in [1.82, 2.24) is 10.2 Å². The summed E-state index contributed by atoms with van der Waals surface area (Å²) in [6, 6.07) is 0.291. The average molecular weight is 273 g/mol. The van der Waals surface area contributed by atoms with Gasteiger partial charge in [0.25, 0.3) is 6.43 Å². The molecule has 0 aromatic carbocycles. The van der Waals surface area contributed by atoms with Gasteiger partial charge in [0.2, 0.25) is 5.91 Å². The summed E-state index contributed by atoms with van der Waals surface area (Å²) in [6.45, 7) is 3.62. The molecule has 7 heteroatoms. The Morgan fingerprint density at radius 1 is 1.59 bits per heavy atom. The van der Waals surface area contributed by atoms with E-state index in [0.29, 0.717) is 19.1 Å². The number of nitrogens with zero attached hydrogens (tertiary/aromatic N) is 1. The molecular weight excluding hydrogens is 254 g/mol. The Kier molecular flexibility index (Phi) is 8.37. The first kappa shape index (κ1) is 16.5. The van der Waals surface area contributed by atoms with E-state index in [4.69, 9.17) is 0 Å². The lowest BCUT2D eigenvalue weighted by molar-refractivity contribution is -0.133. The van der Waals surface area contributed by atoms with E-state index in [1.807, 2.05) is 6.92 Å². The van der Waals surface area contributed by atoms with Crippen molar-refractivity contribution in [2.24, 2.45) is 0 Å². The maximum absolute atomic E-state index is 11.7. The van der Waals surface area contributed by atoms with E-state index in [2.05, 4.69) is 10.1 Å². The van der Waals surface area contributed by atoms with Crippen LogP contribution in [-0.4, -0.2) is 56.1 Å². The summed E-state index contributed by atoms with van der Waals surface area (Å²) in [4.78, 5) is 13.4. The zero-order chi connectivity index (χ0) is 12.0. The van der Waals surface area contributed by atoms with Gasteiger partial charge in [0.1, 0.15) is 6.61 Å². The fourth-order valence-electron chi connectivity index (χ4n) is 1.65. The van der Waals surface area contributed by atoms with Crippen molar-refractivity contribution in [3.05, 3.63) is 0 Å². The second-order valence-corrected chi connectivity index (χ2v) is 3.91. The third kappa shape index (κ3) is 6.75. The SMILES string of the molecule is CC1CN(C(=O)CCOCC(F)F)CCN1.Cl. The van der Waals surface area contributed by atoms with Gasteiger partial charge in [-0.2, -0.15) is 0 Å². The highest BCUT2D eigenvalue weighted by Gasteiger charge is 2.19. The summed E-state index contributed by atoms with van der Waals surface area (Å²) in [5.41, 5.74) is 0. The Morgan fingerprint density at radius 2 is 2.29 bits per heavy atom. The quantitative estimate of drug-likeness (QED) is 0.756. The fraction of sp³-hybridized carbons (Fsp3) is 0.900. The van der Waals surface area contributed by atoms with Crippen LogP contribution in [0.1, 0.15) is 13.3 Å². The number of ether oxygens (including phenoxy) is 1. The summed E-state index contributed by atoms with van der Waals surface area (Å²) in [5, 5.41) is 3.22. The number of carbonyl (C=O) groups is 1. The monoisotopic (exact) mass is 272 g/mol. The number of halogens is 3. The summed E-state index contributed by atoms with van der Waals surface area (Å²) in [7, 11) is 0. The zero-order valence-corrected chi connectivity index (χ0v) is 10.6. The first-order chi connectivity index (χ1) is 7.59. The molecule has 1 saturated heterocycles. The summed E-state index contributed by atoms with van der Waals surface area (Å²) in [5.74, 6) is -0.0254. The third-order valence-corrected chi connectivity index (χ3v) is 2.43. The topological polar surface area (TPSA) is 41.6 Å². The number of hydrogen-bond acceptors (Lipinski definition) is 3. The van der Waals surface area contributed by atoms with Crippen molar-refractivity contribution in [2.75, 3.05) is 32.8 Å². The molecule has 1 aliphatic heterocycles. The van der Waals surface area contributed by atoms with Crippen LogP contribution in [0.15, 0.2) is 0 Å². The predicted octanol–water partition coefficient (Wildman–Crippen LogP) is 0.900. The van der Waals surface area contributed by atoms with Crippen LogP contribution in [-0.2, 0) is 9.53 Å². The highest BCUT2D eigenvalue weighted by Crippen LogP contribution is 2.02. The lowest BCUT2D eigenvalue weighted by atomic mass is 10.2. The summed E-state index contributed by atoms with van der Waals surface area (Å²) in [6.07, 6.45) is -2.28. The second kappa shape index (κ2) is 8.60. The summed E-state index contributed by atoms with van der Waals surface area (Å²) >= 11 is 0. The maximum atomic E-state index is 11.7. The minimum absolute atomic E-state index is 0. The van der Waals surface area contributed by atoms with Gasteiger partial charge in [0, 0.05) is 25.7 Å². The molecule has 0 saturated carbocycles. The molecule has 1 fully saturated rings. The average Bonchev–Trinajstić information content (AvgIpc) is 2.24. The van der Waals surface area contributed by atoms with Crippen molar-refractivity contribution < 1.29 is 18.3 Å².